The first-order valence-corrected chi connectivity index (χ1v) is 5.48. The second kappa shape index (κ2) is 7.44. The van der Waals surface area contributed by atoms with Gasteiger partial charge >= 0.3 is 0 Å². The van der Waals surface area contributed by atoms with Crippen molar-refractivity contribution in [3.05, 3.63) is 42.2 Å². The van der Waals surface area contributed by atoms with E-state index in [1.807, 2.05) is 19.1 Å². The lowest BCUT2D eigenvalue weighted by Gasteiger charge is -2.06. The minimum atomic E-state index is -0.326. The van der Waals surface area contributed by atoms with Gasteiger partial charge in [0.15, 0.2) is 6.61 Å². The van der Waals surface area contributed by atoms with Gasteiger partial charge in [0.25, 0.3) is 5.91 Å². The molecule has 3 nitrogen and oxygen atoms in total. The number of carbonyl (C=O) groups is 1. The third kappa shape index (κ3) is 5.70. The topological polar surface area (TPSA) is 38.3 Å². The summed E-state index contributed by atoms with van der Waals surface area (Å²) in [5.41, 5.74) is 0. The van der Waals surface area contributed by atoms with Crippen LogP contribution in [0.3, 0.4) is 0 Å². The molecule has 17 heavy (non-hydrogen) atoms. The van der Waals surface area contributed by atoms with Crippen LogP contribution < -0.4 is 10.1 Å². The van der Waals surface area contributed by atoms with Gasteiger partial charge in [0.05, 0.1) is 0 Å². The number of hydrogen-bond donors (Lipinski definition) is 1. The van der Waals surface area contributed by atoms with E-state index in [1.165, 1.54) is 24.3 Å². The summed E-state index contributed by atoms with van der Waals surface area (Å²) in [6.45, 7) is 2.47. The van der Waals surface area contributed by atoms with Crippen molar-refractivity contribution in [2.75, 3.05) is 13.2 Å². The van der Waals surface area contributed by atoms with Crippen molar-refractivity contribution in [1.29, 1.82) is 0 Å². The number of benzene rings is 1. The number of nitrogens with one attached hydrogen (secondary N) is 1. The van der Waals surface area contributed by atoms with Gasteiger partial charge in [-0.05, 0) is 37.6 Å². The summed E-state index contributed by atoms with van der Waals surface area (Å²) < 4.78 is 17.8. The summed E-state index contributed by atoms with van der Waals surface area (Å²) in [6, 6.07) is 5.56. The predicted octanol–water partition coefficient (Wildman–Crippen LogP) is 2.29. The largest absolute Gasteiger partial charge is 0.484 e. The zero-order valence-electron chi connectivity index (χ0n) is 9.78. The zero-order valence-corrected chi connectivity index (χ0v) is 9.78. The molecule has 0 spiro atoms. The molecule has 1 aromatic rings. The molecule has 4 heteroatoms. The highest BCUT2D eigenvalue weighted by Crippen LogP contribution is 2.10. The minimum Gasteiger partial charge on any atom is -0.484 e. The number of amides is 1. The highest BCUT2D eigenvalue weighted by atomic mass is 19.1. The highest BCUT2D eigenvalue weighted by Gasteiger charge is 2.01. The Hall–Kier alpha value is -1.84. The van der Waals surface area contributed by atoms with Crippen LogP contribution in [0.15, 0.2) is 36.4 Å². The number of halogens is 1. The maximum Gasteiger partial charge on any atom is 0.257 e. The van der Waals surface area contributed by atoms with E-state index in [4.69, 9.17) is 4.74 Å². The molecule has 0 aromatic heterocycles. The molecule has 0 aliphatic rings. The van der Waals surface area contributed by atoms with E-state index in [0.717, 1.165) is 6.42 Å². The van der Waals surface area contributed by atoms with Crippen LogP contribution in [0.25, 0.3) is 0 Å². The lowest BCUT2D eigenvalue weighted by Crippen LogP contribution is -2.29. The summed E-state index contributed by atoms with van der Waals surface area (Å²) in [4.78, 5) is 11.3. The predicted molar refractivity (Wildman–Crippen MR) is 64.3 cm³/mol. The third-order valence-electron chi connectivity index (χ3n) is 2.05. The normalized spacial score (nSPS) is 10.5. The van der Waals surface area contributed by atoms with Crippen molar-refractivity contribution in [2.24, 2.45) is 0 Å². The van der Waals surface area contributed by atoms with Crippen molar-refractivity contribution < 1.29 is 13.9 Å². The van der Waals surface area contributed by atoms with Gasteiger partial charge in [-0.1, -0.05) is 12.2 Å². The van der Waals surface area contributed by atoms with Gasteiger partial charge < -0.3 is 10.1 Å². The van der Waals surface area contributed by atoms with E-state index in [9.17, 15) is 9.18 Å². The maximum absolute atomic E-state index is 12.6. The molecule has 0 atom stereocenters. The molecule has 0 saturated carbocycles. The lowest BCUT2D eigenvalue weighted by molar-refractivity contribution is -0.123. The Labute approximate surface area is 100 Å². The van der Waals surface area contributed by atoms with Crippen LogP contribution in [-0.4, -0.2) is 19.1 Å². The quantitative estimate of drug-likeness (QED) is 0.609. The van der Waals surface area contributed by atoms with Crippen LogP contribution in [-0.2, 0) is 4.79 Å². The fourth-order valence-electron chi connectivity index (χ4n) is 1.19. The first kappa shape index (κ1) is 13.2. The van der Waals surface area contributed by atoms with Gasteiger partial charge in [-0.3, -0.25) is 4.79 Å². The standard InChI is InChI=1S/C13H16FNO2/c1-2-3-4-9-15-13(16)10-17-12-7-5-11(14)6-8-12/h2-3,5-8H,4,9-10H2,1H3,(H,15,16)/b3-2+. The molecule has 0 heterocycles. The third-order valence-corrected chi connectivity index (χ3v) is 2.05. The van der Waals surface area contributed by atoms with Crippen LogP contribution in [0.5, 0.6) is 5.75 Å². The summed E-state index contributed by atoms with van der Waals surface area (Å²) in [5, 5.41) is 2.71. The Morgan fingerprint density at radius 2 is 2.12 bits per heavy atom. The van der Waals surface area contributed by atoms with Gasteiger partial charge in [0.1, 0.15) is 11.6 Å². The average molecular weight is 237 g/mol. The molecule has 0 aliphatic heterocycles. The van der Waals surface area contributed by atoms with Crippen molar-refractivity contribution in [3.8, 4) is 5.75 Å². The van der Waals surface area contributed by atoms with Crippen LogP contribution in [0.4, 0.5) is 4.39 Å². The van der Waals surface area contributed by atoms with Gasteiger partial charge in [0.2, 0.25) is 0 Å². The van der Waals surface area contributed by atoms with Crippen LogP contribution in [0, 0.1) is 5.82 Å². The van der Waals surface area contributed by atoms with Crippen LogP contribution in [0.1, 0.15) is 13.3 Å². The SMILES string of the molecule is C/C=C/CCNC(=O)COc1ccc(F)cc1. The zero-order chi connectivity index (χ0) is 12.5. The number of ether oxygens (including phenoxy) is 1. The van der Waals surface area contributed by atoms with Crippen molar-refractivity contribution in [2.45, 2.75) is 13.3 Å². The number of hydrogen-bond acceptors (Lipinski definition) is 2. The van der Waals surface area contributed by atoms with Crippen molar-refractivity contribution in [3.63, 3.8) is 0 Å². The molecule has 0 bridgehead atoms. The average Bonchev–Trinajstić information content (AvgIpc) is 2.34. The van der Waals surface area contributed by atoms with E-state index in [1.54, 1.807) is 0 Å². The molecule has 0 radical (unpaired) electrons. The van der Waals surface area contributed by atoms with Gasteiger partial charge in [0, 0.05) is 6.54 Å². The van der Waals surface area contributed by atoms with E-state index >= 15 is 0 Å². The molecule has 92 valence electrons. The molecule has 1 amide bonds. The number of allylic oxidation sites excluding steroid dienone is 1. The fraction of sp³-hybridized carbons (Fsp3) is 0.308. The van der Waals surface area contributed by atoms with Gasteiger partial charge in [-0.25, -0.2) is 4.39 Å². The number of rotatable bonds is 6. The lowest BCUT2D eigenvalue weighted by atomic mass is 10.3. The second-order valence-electron chi connectivity index (χ2n) is 3.45. The first-order chi connectivity index (χ1) is 8.22. The smallest absolute Gasteiger partial charge is 0.257 e. The summed E-state index contributed by atoms with van der Waals surface area (Å²) in [6.07, 6.45) is 4.71. The van der Waals surface area contributed by atoms with E-state index < -0.39 is 0 Å². The molecule has 0 fully saturated rings. The molecule has 1 N–H and O–H groups in total. The summed E-state index contributed by atoms with van der Waals surface area (Å²) in [5.74, 6) is -0.0259. The Balaban J connectivity index is 2.21. The van der Waals surface area contributed by atoms with E-state index in [2.05, 4.69) is 5.32 Å². The Morgan fingerprint density at radius 3 is 2.76 bits per heavy atom. The molecular weight excluding hydrogens is 221 g/mol. The molecule has 1 rings (SSSR count). The number of carbonyl (C=O) groups excluding carboxylic acids is 1. The molecular formula is C13H16FNO2. The van der Waals surface area contributed by atoms with Gasteiger partial charge in [-0.2, -0.15) is 0 Å². The van der Waals surface area contributed by atoms with Crippen molar-refractivity contribution in [1.82, 2.24) is 5.32 Å². The first-order valence-electron chi connectivity index (χ1n) is 5.48. The van der Waals surface area contributed by atoms with Crippen molar-refractivity contribution >= 4 is 5.91 Å². The minimum absolute atomic E-state index is 0.0541. The Bertz CT molecular complexity index is 374. The maximum atomic E-state index is 12.6. The Kier molecular flexibility index (Phi) is 5.79. The molecule has 0 unspecified atom stereocenters. The van der Waals surface area contributed by atoms with Gasteiger partial charge in [-0.15, -0.1) is 0 Å². The van der Waals surface area contributed by atoms with E-state index in [-0.39, 0.29) is 18.3 Å². The van der Waals surface area contributed by atoms with Crippen LogP contribution in [0.2, 0.25) is 0 Å². The molecule has 0 aliphatic carbocycles. The Morgan fingerprint density at radius 1 is 1.41 bits per heavy atom. The van der Waals surface area contributed by atoms with E-state index in [0.29, 0.717) is 12.3 Å². The second-order valence-corrected chi connectivity index (χ2v) is 3.45. The van der Waals surface area contributed by atoms with Crippen LogP contribution >= 0.6 is 0 Å². The fourth-order valence-corrected chi connectivity index (χ4v) is 1.19. The highest BCUT2D eigenvalue weighted by molar-refractivity contribution is 5.77. The molecule has 1 aromatic carbocycles. The summed E-state index contributed by atoms with van der Waals surface area (Å²) in [7, 11) is 0. The monoisotopic (exact) mass is 237 g/mol. The molecule has 0 saturated heterocycles. The summed E-state index contributed by atoms with van der Waals surface area (Å²) >= 11 is 0.